The number of benzene rings is 1. The van der Waals surface area contributed by atoms with E-state index in [-0.39, 0.29) is 6.04 Å². The quantitative estimate of drug-likeness (QED) is 0.685. The van der Waals surface area contributed by atoms with Crippen LogP contribution in [0.4, 0.5) is 0 Å². The first kappa shape index (κ1) is 15.8. The molecular formula is C16H27NO2. The minimum absolute atomic E-state index is 0.0440. The molecule has 0 aliphatic heterocycles. The summed E-state index contributed by atoms with van der Waals surface area (Å²) in [5, 5.41) is 0. The lowest BCUT2D eigenvalue weighted by Crippen LogP contribution is -2.11. The second-order valence-corrected chi connectivity index (χ2v) is 4.92. The van der Waals surface area contributed by atoms with Gasteiger partial charge in [0.15, 0.2) is 0 Å². The van der Waals surface area contributed by atoms with Gasteiger partial charge in [-0.25, -0.2) is 0 Å². The summed E-state index contributed by atoms with van der Waals surface area (Å²) < 4.78 is 10.6. The van der Waals surface area contributed by atoms with Gasteiger partial charge < -0.3 is 15.2 Å². The van der Waals surface area contributed by atoms with Crippen LogP contribution in [-0.2, 0) is 0 Å². The highest BCUT2D eigenvalue weighted by atomic mass is 16.5. The first-order valence-corrected chi connectivity index (χ1v) is 7.20. The van der Waals surface area contributed by atoms with Crippen LogP contribution in [0.3, 0.4) is 0 Å². The van der Waals surface area contributed by atoms with Crippen molar-refractivity contribution in [3.05, 3.63) is 23.8 Å². The Balaban J connectivity index is 2.53. The topological polar surface area (TPSA) is 44.5 Å². The van der Waals surface area contributed by atoms with Gasteiger partial charge in [-0.1, -0.05) is 45.1 Å². The number of nitrogens with two attached hydrogens (primary N) is 1. The molecule has 19 heavy (non-hydrogen) atoms. The van der Waals surface area contributed by atoms with E-state index in [0.29, 0.717) is 0 Å². The zero-order chi connectivity index (χ0) is 14.1. The van der Waals surface area contributed by atoms with E-state index in [1.54, 1.807) is 14.2 Å². The van der Waals surface area contributed by atoms with Crippen molar-refractivity contribution in [1.82, 2.24) is 0 Å². The van der Waals surface area contributed by atoms with Gasteiger partial charge >= 0.3 is 0 Å². The Morgan fingerprint density at radius 3 is 2.42 bits per heavy atom. The lowest BCUT2D eigenvalue weighted by atomic mass is 9.99. The van der Waals surface area contributed by atoms with Gasteiger partial charge in [0.2, 0.25) is 0 Å². The molecule has 1 aromatic carbocycles. The largest absolute Gasteiger partial charge is 0.497 e. The predicted octanol–water partition coefficient (Wildman–Crippen LogP) is 4.06. The van der Waals surface area contributed by atoms with Crippen LogP contribution < -0.4 is 15.2 Å². The molecule has 1 aromatic rings. The molecular weight excluding hydrogens is 238 g/mol. The van der Waals surface area contributed by atoms with E-state index in [0.717, 1.165) is 23.5 Å². The lowest BCUT2D eigenvalue weighted by Gasteiger charge is -2.16. The third-order valence-electron chi connectivity index (χ3n) is 3.46. The lowest BCUT2D eigenvalue weighted by molar-refractivity contribution is 0.387. The summed E-state index contributed by atoms with van der Waals surface area (Å²) in [6.45, 7) is 2.23. The Morgan fingerprint density at radius 1 is 1.05 bits per heavy atom. The summed E-state index contributed by atoms with van der Waals surface area (Å²) in [6, 6.07) is 5.89. The first-order valence-electron chi connectivity index (χ1n) is 7.20. The smallest absolute Gasteiger partial charge is 0.127 e. The van der Waals surface area contributed by atoms with Crippen LogP contribution in [-0.4, -0.2) is 14.2 Å². The van der Waals surface area contributed by atoms with Gasteiger partial charge in [0.1, 0.15) is 11.5 Å². The standard InChI is InChI=1S/C16H27NO2/c1-4-5-6-7-8-9-15(17)14-11-10-13(18-2)12-16(14)19-3/h10-12,15H,4-9,17H2,1-3H3. The molecule has 3 nitrogen and oxygen atoms in total. The van der Waals surface area contributed by atoms with Gasteiger partial charge in [0.25, 0.3) is 0 Å². The number of hydrogen-bond acceptors (Lipinski definition) is 3. The van der Waals surface area contributed by atoms with Crippen molar-refractivity contribution >= 4 is 0 Å². The van der Waals surface area contributed by atoms with Crippen LogP contribution in [0.5, 0.6) is 11.5 Å². The van der Waals surface area contributed by atoms with Crippen molar-refractivity contribution in [3.63, 3.8) is 0 Å². The molecule has 0 saturated heterocycles. The summed E-state index contributed by atoms with van der Waals surface area (Å²) in [5.74, 6) is 1.62. The zero-order valence-electron chi connectivity index (χ0n) is 12.4. The second-order valence-electron chi connectivity index (χ2n) is 4.92. The van der Waals surface area contributed by atoms with Crippen molar-refractivity contribution in [3.8, 4) is 11.5 Å². The maximum Gasteiger partial charge on any atom is 0.127 e. The normalized spacial score (nSPS) is 12.2. The Labute approximate surface area is 117 Å². The van der Waals surface area contributed by atoms with Crippen LogP contribution >= 0.6 is 0 Å². The van der Waals surface area contributed by atoms with Crippen LogP contribution in [0.2, 0.25) is 0 Å². The van der Waals surface area contributed by atoms with Crippen LogP contribution in [0.25, 0.3) is 0 Å². The van der Waals surface area contributed by atoms with Gasteiger partial charge in [0, 0.05) is 17.7 Å². The third-order valence-corrected chi connectivity index (χ3v) is 3.46. The fourth-order valence-corrected chi connectivity index (χ4v) is 2.25. The molecule has 1 unspecified atom stereocenters. The van der Waals surface area contributed by atoms with Crippen LogP contribution in [0, 0.1) is 0 Å². The number of hydrogen-bond donors (Lipinski definition) is 1. The van der Waals surface area contributed by atoms with Gasteiger partial charge in [-0.2, -0.15) is 0 Å². The van der Waals surface area contributed by atoms with Gasteiger partial charge in [-0.15, -0.1) is 0 Å². The molecule has 0 saturated carbocycles. The molecule has 0 aliphatic rings. The van der Waals surface area contributed by atoms with E-state index in [2.05, 4.69) is 6.92 Å². The Bertz CT molecular complexity index is 366. The van der Waals surface area contributed by atoms with E-state index in [4.69, 9.17) is 15.2 Å². The van der Waals surface area contributed by atoms with Crippen molar-refractivity contribution in [2.75, 3.05) is 14.2 Å². The summed E-state index contributed by atoms with van der Waals surface area (Å²) in [4.78, 5) is 0. The average Bonchev–Trinajstić information content (AvgIpc) is 2.46. The minimum atomic E-state index is 0.0440. The number of unbranched alkanes of at least 4 members (excludes halogenated alkanes) is 4. The molecule has 0 amide bonds. The molecule has 1 rings (SSSR count). The maximum absolute atomic E-state index is 6.26. The van der Waals surface area contributed by atoms with Crippen molar-refractivity contribution in [2.45, 2.75) is 51.5 Å². The molecule has 0 aromatic heterocycles. The van der Waals surface area contributed by atoms with E-state index < -0.39 is 0 Å². The van der Waals surface area contributed by atoms with Gasteiger partial charge in [-0.05, 0) is 12.5 Å². The van der Waals surface area contributed by atoms with E-state index in [1.165, 1.54) is 32.1 Å². The Kier molecular flexibility index (Phi) is 7.34. The molecule has 108 valence electrons. The number of methoxy groups -OCH3 is 2. The molecule has 0 aliphatic carbocycles. The molecule has 2 N–H and O–H groups in total. The molecule has 0 fully saturated rings. The van der Waals surface area contributed by atoms with Crippen LogP contribution in [0.1, 0.15) is 57.1 Å². The Morgan fingerprint density at radius 2 is 1.79 bits per heavy atom. The van der Waals surface area contributed by atoms with Gasteiger partial charge in [0.05, 0.1) is 14.2 Å². The maximum atomic E-state index is 6.26. The fourth-order valence-electron chi connectivity index (χ4n) is 2.25. The molecule has 1 atom stereocenters. The SMILES string of the molecule is CCCCCCCC(N)c1ccc(OC)cc1OC. The van der Waals surface area contributed by atoms with Crippen LogP contribution in [0.15, 0.2) is 18.2 Å². The summed E-state index contributed by atoms with van der Waals surface area (Å²) >= 11 is 0. The monoisotopic (exact) mass is 265 g/mol. The highest BCUT2D eigenvalue weighted by Crippen LogP contribution is 2.30. The molecule has 0 radical (unpaired) electrons. The summed E-state index contributed by atoms with van der Waals surface area (Å²) in [5.41, 5.74) is 7.33. The molecule has 0 heterocycles. The fraction of sp³-hybridized carbons (Fsp3) is 0.625. The average molecular weight is 265 g/mol. The minimum Gasteiger partial charge on any atom is -0.497 e. The molecule has 0 bridgehead atoms. The summed E-state index contributed by atoms with van der Waals surface area (Å²) in [7, 11) is 3.33. The molecule has 0 spiro atoms. The number of ether oxygens (including phenoxy) is 2. The first-order chi connectivity index (χ1) is 9.22. The highest BCUT2D eigenvalue weighted by Gasteiger charge is 2.12. The van der Waals surface area contributed by atoms with E-state index in [1.807, 2.05) is 18.2 Å². The van der Waals surface area contributed by atoms with Crippen molar-refractivity contribution in [2.24, 2.45) is 5.73 Å². The van der Waals surface area contributed by atoms with Crippen molar-refractivity contribution < 1.29 is 9.47 Å². The van der Waals surface area contributed by atoms with E-state index in [9.17, 15) is 0 Å². The van der Waals surface area contributed by atoms with Crippen molar-refractivity contribution in [1.29, 1.82) is 0 Å². The zero-order valence-corrected chi connectivity index (χ0v) is 12.4. The third kappa shape index (κ3) is 5.11. The second kappa shape index (κ2) is 8.81. The highest BCUT2D eigenvalue weighted by molar-refractivity contribution is 5.42. The Hall–Kier alpha value is -1.22. The summed E-state index contributed by atoms with van der Waals surface area (Å²) in [6.07, 6.45) is 7.35. The predicted molar refractivity (Wildman–Crippen MR) is 79.9 cm³/mol. The number of rotatable bonds is 9. The molecule has 3 heteroatoms. The van der Waals surface area contributed by atoms with E-state index >= 15 is 0 Å². The van der Waals surface area contributed by atoms with Gasteiger partial charge in [-0.3, -0.25) is 0 Å².